The third-order valence-electron chi connectivity index (χ3n) is 1.94. The van der Waals surface area contributed by atoms with E-state index in [4.69, 9.17) is 4.74 Å². The molecule has 0 aromatic heterocycles. The molecule has 14 heavy (non-hydrogen) atoms. The highest BCUT2D eigenvalue weighted by molar-refractivity contribution is 5.20. The second-order valence-electron chi connectivity index (χ2n) is 3.27. The van der Waals surface area contributed by atoms with Crippen molar-refractivity contribution in [1.29, 1.82) is 0 Å². The largest absolute Gasteiger partial charge is 0.494 e. The lowest BCUT2D eigenvalue weighted by Crippen LogP contribution is -2.17. The van der Waals surface area contributed by atoms with Gasteiger partial charge in [-0.3, -0.25) is 0 Å². The first kappa shape index (κ1) is 11.1. The van der Waals surface area contributed by atoms with Crippen molar-refractivity contribution in [3.63, 3.8) is 0 Å². The molecular weight excluding hydrogens is 174 g/mol. The number of hydrogen-bond donors (Lipinski definition) is 1. The Morgan fingerprint density at radius 2 is 1.93 bits per heavy atom. The fraction of sp³-hybridized carbons (Fsp3) is 0.500. The predicted octanol–water partition coefficient (Wildman–Crippen LogP) is 2.46. The Morgan fingerprint density at radius 1 is 1.14 bits per heavy atom. The van der Waals surface area contributed by atoms with E-state index in [0.29, 0.717) is 0 Å². The Labute approximate surface area is 86.3 Å². The number of para-hydroxylation sites is 1. The predicted molar refractivity (Wildman–Crippen MR) is 59.7 cm³/mol. The molecule has 2 heteroatoms. The molecular formula is C12H19NO. The van der Waals surface area contributed by atoms with Crippen LogP contribution in [0.15, 0.2) is 30.3 Å². The first-order valence-corrected chi connectivity index (χ1v) is 5.32. The summed E-state index contributed by atoms with van der Waals surface area (Å²) >= 11 is 0. The van der Waals surface area contributed by atoms with E-state index in [0.717, 1.165) is 31.9 Å². The van der Waals surface area contributed by atoms with Gasteiger partial charge in [0.1, 0.15) is 5.75 Å². The number of ether oxygens (including phenoxy) is 1. The van der Waals surface area contributed by atoms with Gasteiger partial charge >= 0.3 is 0 Å². The topological polar surface area (TPSA) is 21.3 Å². The van der Waals surface area contributed by atoms with Gasteiger partial charge in [0.25, 0.3) is 0 Å². The molecule has 1 N–H and O–H groups in total. The zero-order valence-corrected chi connectivity index (χ0v) is 8.83. The van der Waals surface area contributed by atoms with Crippen LogP contribution in [-0.4, -0.2) is 19.7 Å². The molecule has 1 aromatic carbocycles. The monoisotopic (exact) mass is 193 g/mol. The number of benzene rings is 1. The van der Waals surface area contributed by atoms with Crippen LogP contribution in [0.2, 0.25) is 0 Å². The summed E-state index contributed by atoms with van der Waals surface area (Å²) < 4.78 is 5.55. The van der Waals surface area contributed by atoms with Gasteiger partial charge in [-0.25, -0.2) is 0 Å². The quantitative estimate of drug-likeness (QED) is 0.672. The number of nitrogens with one attached hydrogen (secondary N) is 1. The molecule has 0 aliphatic carbocycles. The average molecular weight is 193 g/mol. The van der Waals surface area contributed by atoms with Crippen LogP contribution >= 0.6 is 0 Å². The van der Waals surface area contributed by atoms with Gasteiger partial charge in [0.15, 0.2) is 0 Å². The first-order valence-electron chi connectivity index (χ1n) is 5.32. The van der Waals surface area contributed by atoms with Crippen molar-refractivity contribution in [3.8, 4) is 5.75 Å². The lowest BCUT2D eigenvalue weighted by Gasteiger charge is -2.06. The van der Waals surface area contributed by atoms with Crippen molar-refractivity contribution in [2.24, 2.45) is 0 Å². The van der Waals surface area contributed by atoms with Crippen LogP contribution in [0.1, 0.15) is 19.8 Å². The van der Waals surface area contributed by atoms with Crippen molar-refractivity contribution < 1.29 is 4.74 Å². The van der Waals surface area contributed by atoms with Crippen molar-refractivity contribution in [2.45, 2.75) is 19.8 Å². The normalized spacial score (nSPS) is 10.1. The first-order chi connectivity index (χ1) is 6.93. The van der Waals surface area contributed by atoms with Gasteiger partial charge in [0.2, 0.25) is 0 Å². The molecule has 2 nitrogen and oxygen atoms in total. The van der Waals surface area contributed by atoms with E-state index in [1.165, 1.54) is 6.42 Å². The average Bonchev–Trinajstić information content (AvgIpc) is 2.25. The van der Waals surface area contributed by atoms with Crippen LogP contribution in [-0.2, 0) is 0 Å². The van der Waals surface area contributed by atoms with Crippen LogP contribution in [0.25, 0.3) is 0 Å². The maximum absolute atomic E-state index is 5.55. The molecule has 0 fully saturated rings. The molecule has 0 aliphatic heterocycles. The fourth-order valence-corrected chi connectivity index (χ4v) is 1.21. The molecule has 0 saturated heterocycles. The Hall–Kier alpha value is -1.02. The van der Waals surface area contributed by atoms with Crippen molar-refractivity contribution in [1.82, 2.24) is 5.32 Å². The highest BCUT2D eigenvalue weighted by atomic mass is 16.5. The van der Waals surface area contributed by atoms with Crippen molar-refractivity contribution >= 4 is 0 Å². The van der Waals surface area contributed by atoms with Gasteiger partial charge in [-0.05, 0) is 38.1 Å². The van der Waals surface area contributed by atoms with E-state index in [2.05, 4.69) is 12.2 Å². The Morgan fingerprint density at radius 3 is 2.64 bits per heavy atom. The summed E-state index contributed by atoms with van der Waals surface area (Å²) in [4.78, 5) is 0. The summed E-state index contributed by atoms with van der Waals surface area (Å²) in [5, 5.41) is 3.34. The third kappa shape index (κ3) is 4.87. The minimum Gasteiger partial charge on any atom is -0.494 e. The number of hydrogen-bond acceptors (Lipinski definition) is 2. The van der Waals surface area contributed by atoms with Crippen LogP contribution in [0.4, 0.5) is 0 Å². The van der Waals surface area contributed by atoms with Crippen LogP contribution in [0, 0.1) is 0 Å². The lowest BCUT2D eigenvalue weighted by molar-refractivity contribution is 0.308. The van der Waals surface area contributed by atoms with E-state index >= 15 is 0 Å². The molecule has 1 rings (SSSR count). The molecule has 0 spiro atoms. The smallest absolute Gasteiger partial charge is 0.119 e. The molecule has 0 heterocycles. The molecule has 0 unspecified atom stereocenters. The van der Waals surface area contributed by atoms with Gasteiger partial charge in [-0.15, -0.1) is 0 Å². The summed E-state index contributed by atoms with van der Waals surface area (Å²) in [7, 11) is 0. The second-order valence-corrected chi connectivity index (χ2v) is 3.27. The number of rotatable bonds is 7. The molecule has 0 amide bonds. The van der Waals surface area contributed by atoms with Crippen molar-refractivity contribution in [2.75, 3.05) is 19.7 Å². The van der Waals surface area contributed by atoms with E-state index in [9.17, 15) is 0 Å². The summed E-state index contributed by atoms with van der Waals surface area (Å²) in [6.07, 6.45) is 2.26. The molecule has 78 valence electrons. The lowest BCUT2D eigenvalue weighted by atomic mass is 10.3. The van der Waals surface area contributed by atoms with Gasteiger partial charge in [-0.2, -0.15) is 0 Å². The zero-order chi connectivity index (χ0) is 10.1. The van der Waals surface area contributed by atoms with Crippen LogP contribution in [0.5, 0.6) is 5.75 Å². The van der Waals surface area contributed by atoms with Gasteiger partial charge in [0, 0.05) is 0 Å². The van der Waals surface area contributed by atoms with E-state index < -0.39 is 0 Å². The fourth-order valence-electron chi connectivity index (χ4n) is 1.21. The molecule has 0 saturated carbocycles. The highest BCUT2D eigenvalue weighted by Gasteiger charge is 1.90. The Kier molecular flexibility index (Phi) is 5.84. The molecule has 0 aliphatic rings. The molecule has 0 radical (unpaired) electrons. The summed E-state index contributed by atoms with van der Waals surface area (Å²) in [6, 6.07) is 9.95. The van der Waals surface area contributed by atoms with E-state index in [-0.39, 0.29) is 0 Å². The van der Waals surface area contributed by atoms with E-state index in [1.54, 1.807) is 0 Å². The van der Waals surface area contributed by atoms with Crippen LogP contribution in [0.3, 0.4) is 0 Å². The van der Waals surface area contributed by atoms with Crippen molar-refractivity contribution in [3.05, 3.63) is 30.3 Å². The second kappa shape index (κ2) is 7.39. The minimum absolute atomic E-state index is 0.792. The summed E-state index contributed by atoms with van der Waals surface area (Å²) in [5.74, 6) is 0.961. The molecule has 0 bridgehead atoms. The standard InChI is InChI=1S/C12H19NO/c1-2-9-13-10-6-11-14-12-7-4-3-5-8-12/h3-5,7-8,13H,2,6,9-11H2,1H3. The maximum Gasteiger partial charge on any atom is 0.119 e. The summed E-state index contributed by atoms with van der Waals surface area (Å²) in [6.45, 7) is 5.11. The van der Waals surface area contributed by atoms with Gasteiger partial charge in [-0.1, -0.05) is 25.1 Å². The molecule has 1 aromatic rings. The van der Waals surface area contributed by atoms with Gasteiger partial charge in [0.05, 0.1) is 6.61 Å². The highest BCUT2D eigenvalue weighted by Crippen LogP contribution is 2.07. The summed E-state index contributed by atoms with van der Waals surface area (Å²) in [5.41, 5.74) is 0. The SMILES string of the molecule is CCCNCCCOc1ccccc1. The van der Waals surface area contributed by atoms with E-state index in [1.807, 2.05) is 30.3 Å². The Bertz CT molecular complexity index is 223. The third-order valence-corrected chi connectivity index (χ3v) is 1.94. The van der Waals surface area contributed by atoms with Gasteiger partial charge < -0.3 is 10.1 Å². The van der Waals surface area contributed by atoms with Crippen LogP contribution < -0.4 is 10.1 Å². The minimum atomic E-state index is 0.792. The Balaban J connectivity index is 1.99. The molecule has 0 atom stereocenters. The zero-order valence-electron chi connectivity index (χ0n) is 8.83. The maximum atomic E-state index is 5.55.